The maximum atomic E-state index is 13.2. The van der Waals surface area contributed by atoms with E-state index >= 15 is 0 Å². The predicted octanol–water partition coefficient (Wildman–Crippen LogP) is -0.456. The van der Waals surface area contributed by atoms with Gasteiger partial charge in [0.1, 0.15) is 22.8 Å². The maximum absolute atomic E-state index is 13.2. The van der Waals surface area contributed by atoms with Gasteiger partial charge in [0.15, 0.2) is 11.4 Å². The molecular weight excluding hydrogens is 368 g/mol. The molecule has 8 N–H and O–H groups in total. The van der Waals surface area contributed by atoms with Crippen LogP contribution >= 0.6 is 0 Å². The molecule has 3 atom stereocenters. The number of ketones is 2. The molecule has 0 saturated heterocycles. The van der Waals surface area contributed by atoms with Gasteiger partial charge in [0.25, 0.3) is 5.91 Å². The lowest BCUT2D eigenvalue weighted by Crippen LogP contribution is -2.64. The van der Waals surface area contributed by atoms with Crippen molar-refractivity contribution in [1.82, 2.24) is 0 Å². The fourth-order valence-electron chi connectivity index (χ4n) is 4.20. The number of fused-ring (bicyclic) bond motifs is 3. The summed E-state index contributed by atoms with van der Waals surface area (Å²) in [6.45, 7) is 0. The van der Waals surface area contributed by atoms with E-state index in [1.54, 1.807) is 12.1 Å². The number of phenolic OH excluding ortho intramolecular Hbond substituents is 2. The zero-order valence-electron chi connectivity index (χ0n) is 14.3. The molecule has 9 nitrogen and oxygen atoms in total. The zero-order valence-corrected chi connectivity index (χ0v) is 14.3. The summed E-state index contributed by atoms with van der Waals surface area (Å²) in [6, 6.07) is 4.53. The van der Waals surface area contributed by atoms with Crippen molar-refractivity contribution in [3.8, 4) is 11.5 Å². The summed E-state index contributed by atoms with van der Waals surface area (Å²) in [4.78, 5) is 37.1. The van der Waals surface area contributed by atoms with Gasteiger partial charge in [-0.2, -0.15) is 0 Å². The predicted molar refractivity (Wildman–Crippen MR) is 95.6 cm³/mol. The summed E-state index contributed by atoms with van der Waals surface area (Å²) in [5.74, 6) is -6.75. The van der Waals surface area contributed by atoms with Crippen LogP contribution in [0.4, 0.5) is 0 Å². The molecule has 0 aliphatic heterocycles. The van der Waals surface area contributed by atoms with E-state index in [2.05, 4.69) is 0 Å². The number of amides is 1. The Bertz CT molecular complexity index is 1140. The van der Waals surface area contributed by atoms with Gasteiger partial charge in [0.05, 0.1) is 17.0 Å². The third-order valence-electron chi connectivity index (χ3n) is 5.58. The first-order chi connectivity index (χ1) is 13.1. The van der Waals surface area contributed by atoms with E-state index in [0.717, 1.165) is 0 Å². The van der Waals surface area contributed by atoms with Crippen LogP contribution < -0.4 is 11.5 Å². The van der Waals surface area contributed by atoms with Gasteiger partial charge in [-0.3, -0.25) is 14.4 Å². The van der Waals surface area contributed by atoms with Gasteiger partial charge in [-0.15, -0.1) is 0 Å². The van der Waals surface area contributed by atoms with Crippen molar-refractivity contribution in [3.63, 3.8) is 0 Å². The Morgan fingerprint density at radius 1 is 1.18 bits per heavy atom. The van der Waals surface area contributed by atoms with Gasteiger partial charge in [-0.25, -0.2) is 0 Å². The van der Waals surface area contributed by atoms with E-state index in [1.165, 1.54) is 12.1 Å². The molecule has 2 aromatic carbocycles. The lowest BCUT2D eigenvalue weighted by atomic mass is 9.62. The van der Waals surface area contributed by atoms with E-state index < -0.39 is 52.1 Å². The summed E-state index contributed by atoms with van der Waals surface area (Å²) in [5.41, 5.74) is 7.31. The van der Waals surface area contributed by atoms with E-state index in [0.29, 0.717) is 5.39 Å². The minimum Gasteiger partial charge on any atom is -0.508 e. The van der Waals surface area contributed by atoms with Gasteiger partial charge in [-0.05, 0) is 23.4 Å². The monoisotopic (exact) mass is 384 g/mol. The average molecular weight is 384 g/mol. The highest BCUT2D eigenvalue weighted by atomic mass is 16.3. The molecule has 2 aliphatic rings. The second-order valence-electron chi connectivity index (χ2n) is 7.02. The van der Waals surface area contributed by atoms with Gasteiger partial charge < -0.3 is 31.9 Å². The Hall–Kier alpha value is -3.43. The van der Waals surface area contributed by atoms with Gasteiger partial charge in [0.2, 0.25) is 5.78 Å². The minimum atomic E-state index is -2.71. The van der Waals surface area contributed by atoms with Crippen LogP contribution in [0.3, 0.4) is 0 Å². The van der Waals surface area contributed by atoms with Crippen LogP contribution in [0.5, 0.6) is 11.5 Å². The Labute approximate surface area is 157 Å². The molecule has 2 aliphatic carbocycles. The van der Waals surface area contributed by atoms with Crippen molar-refractivity contribution in [1.29, 1.82) is 0 Å². The number of Topliss-reactive ketones (excluding diaryl/α,β-unsaturated/α-hetero) is 2. The van der Waals surface area contributed by atoms with Gasteiger partial charge in [-0.1, -0.05) is 18.2 Å². The topological polar surface area (TPSA) is 184 Å². The molecule has 2 aromatic rings. The smallest absolute Gasteiger partial charge is 0.255 e. The van der Waals surface area contributed by atoms with Crippen LogP contribution in [0, 0.1) is 5.92 Å². The van der Waals surface area contributed by atoms with Crippen LogP contribution in [0.2, 0.25) is 0 Å². The fourth-order valence-corrected chi connectivity index (χ4v) is 4.20. The normalized spacial score (nSPS) is 26.9. The maximum Gasteiger partial charge on any atom is 0.255 e. The highest BCUT2D eigenvalue weighted by Gasteiger charge is 2.60. The highest BCUT2D eigenvalue weighted by Crippen LogP contribution is 2.48. The summed E-state index contributed by atoms with van der Waals surface area (Å²) in [5, 5.41) is 42.7. The molecule has 1 amide bonds. The van der Waals surface area contributed by atoms with Crippen LogP contribution in [-0.4, -0.2) is 49.5 Å². The van der Waals surface area contributed by atoms with Crippen LogP contribution in [0.25, 0.3) is 10.8 Å². The number of hydrogen-bond acceptors (Lipinski definition) is 8. The largest absolute Gasteiger partial charge is 0.508 e. The molecule has 0 radical (unpaired) electrons. The standard InChI is InChI=1S/C19H16N2O7/c20-13-8-5-7-4-6-2-1-3-9(22)10(6)14(23)11(7)16(25)19(8,28)17(26)12(15(13)24)18(21)27/h1-4,8,13,22-23,26,28H,5,20H2,(H2,21,27)/t8-,13+,19-/m0/s1. The molecule has 0 heterocycles. The molecule has 0 unspecified atom stereocenters. The van der Waals surface area contributed by atoms with Crippen LogP contribution in [-0.2, 0) is 16.0 Å². The molecule has 9 heteroatoms. The molecule has 0 saturated carbocycles. The summed E-state index contributed by atoms with van der Waals surface area (Å²) in [6.07, 6.45) is -0.139. The number of carbonyl (C=O) groups is 3. The van der Waals surface area contributed by atoms with Crippen molar-refractivity contribution in [2.75, 3.05) is 0 Å². The fraction of sp³-hybridized carbons (Fsp3) is 0.211. The first-order valence-corrected chi connectivity index (χ1v) is 8.37. The third-order valence-corrected chi connectivity index (χ3v) is 5.58. The summed E-state index contributed by atoms with van der Waals surface area (Å²) < 4.78 is 0. The molecule has 0 spiro atoms. The van der Waals surface area contributed by atoms with Gasteiger partial charge in [0, 0.05) is 5.92 Å². The number of nitrogens with two attached hydrogens (primary N) is 2. The lowest BCUT2D eigenvalue weighted by molar-refractivity contribution is -0.127. The average Bonchev–Trinajstić information content (AvgIpc) is 2.62. The van der Waals surface area contributed by atoms with E-state index in [9.17, 15) is 34.8 Å². The molecular formula is C19H16N2O7. The number of aliphatic hydroxyl groups excluding tert-OH is 1. The lowest BCUT2D eigenvalue weighted by Gasteiger charge is -2.44. The van der Waals surface area contributed by atoms with Crippen molar-refractivity contribution >= 4 is 28.2 Å². The molecule has 0 aromatic heterocycles. The number of primary amides is 1. The minimum absolute atomic E-state index is 0.00794. The first kappa shape index (κ1) is 18.0. The first-order valence-electron chi connectivity index (χ1n) is 8.37. The van der Waals surface area contributed by atoms with Crippen LogP contribution in [0.1, 0.15) is 15.9 Å². The SMILES string of the molecule is NC(=O)C1=C(O)[C@@]2(O)C(=O)c3c(cc4cccc(O)c4c3O)C[C@H]2[C@@H](N)C1=O. The van der Waals surface area contributed by atoms with Crippen molar-refractivity contribution in [3.05, 3.63) is 46.7 Å². The molecule has 4 rings (SSSR count). The summed E-state index contributed by atoms with van der Waals surface area (Å²) in [7, 11) is 0. The molecule has 144 valence electrons. The Morgan fingerprint density at radius 2 is 1.86 bits per heavy atom. The number of carbonyl (C=O) groups excluding carboxylic acids is 3. The van der Waals surface area contributed by atoms with Crippen molar-refractivity contribution in [2.45, 2.75) is 18.1 Å². The number of rotatable bonds is 1. The zero-order chi connectivity index (χ0) is 20.5. The number of hydrogen-bond donors (Lipinski definition) is 6. The van der Waals surface area contributed by atoms with Crippen molar-refractivity contribution < 1.29 is 34.8 Å². The van der Waals surface area contributed by atoms with E-state index in [-0.39, 0.29) is 28.7 Å². The van der Waals surface area contributed by atoms with Gasteiger partial charge >= 0.3 is 0 Å². The third kappa shape index (κ3) is 1.99. The molecule has 0 fully saturated rings. The van der Waals surface area contributed by atoms with Crippen molar-refractivity contribution in [2.24, 2.45) is 17.4 Å². The number of aliphatic hydroxyl groups is 2. The number of aromatic hydroxyl groups is 2. The Kier molecular flexibility index (Phi) is 3.55. The molecule has 0 bridgehead atoms. The van der Waals surface area contributed by atoms with E-state index in [1.807, 2.05) is 0 Å². The summed E-state index contributed by atoms with van der Waals surface area (Å²) >= 11 is 0. The highest BCUT2D eigenvalue weighted by molar-refractivity contribution is 6.24. The Balaban J connectivity index is 2.05. The number of benzene rings is 2. The number of phenols is 2. The molecule has 28 heavy (non-hydrogen) atoms. The van der Waals surface area contributed by atoms with E-state index in [4.69, 9.17) is 11.5 Å². The second-order valence-corrected chi connectivity index (χ2v) is 7.02. The quantitative estimate of drug-likeness (QED) is 0.357. The second kappa shape index (κ2) is 5.54. The Morgan fingerprint density at radius 3 is 2.50 bits per heavy atom. The van der Waals surface area contributed by atoms with Crippen LogP contribution in [0.15, 0.2) is 35.6 Å².